The van der Waals surface area contributed by atoms with Crippen molar-refractivity contribution in [3.63, 3.8) is 0 Å². The quantitative estimate of drug-likeness (QED) is 0.835. The van der Waals surface area contributed by atoms with Crippen LogP contribution in [0.25, 0.3) is 11.5 Å². The van der Waals surface area contributed by atoms with Gasteiger partial charge in [0.1, 0.15) is 11.5 Å². The fraction of sp³-hybridized carbons (Fsp3) is 0.462. The number of aromatic amines is 1. The van der Waals surface area contributed by atoms with Gasteiger partial charge in [0.2, 0.25) is 0 Å². The first-order valence-electron chi connectivity index (χ1n) is 6.18. The third kappa shape index (κ3) is 2.00. The van der Waals surface area contributed by atoms with Crippen molar-refractivity contribution in [1.82, 2.24) is 15.3 Å². The van der Waals surface area contributed by atoms with E-state index in [1.54, 1.807) is 6.26 Å². The van der Waals surface area contributed by atoms with E-state index >= 15 is 0 Å². The predicted molar refractivity (Wildman–Crippen MR) is 65.6 cm³/mol. The molecule has 1 fully saturated rings. The highest BCUT2D eigenvalue weighted by Crippen LogP contribution is 2.26. The van der Waals surface area contributed by atoms with Gasteiger partial charge in [-0.2, -0.15) is 0 Å². The van der Waals surface area contributed by atoms with Gasteiger partial charge in [-0.3, -0.25) is 0 Å². The number of hydrogen-bond donors (Lipinski definition) is 2. The van der Waals surface area contributed by atoms with Gasteiger partial charge in [0.15, 0.2) is 5.76 Å². The Kier molecular flexibility index (Phi) is 2.73. The van der Waals surface area contributed by atoms with Gasteiger partial charge in [-0.05, 0) is 38.4 Å². The van der Waals surface area contributed by atoms with E-state index in [1.807, 2.05) is 19.1 Å². The molecule has 0 aromatic carbocycles. The number of H-pyrrole nitrogens is 1. The Labute approximate surface area is 100 Å². The predicted octanol–water partition coefficient (Wildman–Crippen LogP) is 2.79. The van der Waals surface area contributed by atoms with Crippen LogP contribution in [0.4, 0.5) is 0 Å². The standard InChI is InChI=1S/C13H17N3O/c1-9-12(11-6-4-8-17-11)16-13(15-9)10-5-2-3-7-14-10/h4,6,8,10,14H,2-3,5,7H2,1H3,(H,15,16). The monoisotopic (exact) mass is 231 g/mol. The molecule has 0 aliphatic carbocycles. The Bertz CT molecular complexity index is 481. The molecule has 1 atom stereocenters. The second kappa shape index (κ2) is 4.37. The zero-order chi connectivity index (χ0) is 11.7. The lowest BCUT2D eigenvalue weighted by atomic mass is 10.0. The molecule has 17 heavy (non-hydrogen) atoms. The Hall–Kier alpha value is -1.55. The largest absolute Gasteiger partial charge is 0.463 e. The van der Waals surface area contributed by atoms with Crippen molar-refractivity contribution in [3.8, 4) is 11.5 Å². The number of rotatable bonds is 2. The van der Waals surface area contributed by atoms with E-state index in [0.29, 0.717) is 6.04 Å². The maximum Gasteiger partial charge on any atom is 0.154 e. The highest BCUT2D eigenvalue weighted by Gasteiger charge is 2.20. The van der Waals surface area contributed by atoms with Crippen LogP contribution in [-0.4, -0.2) is 16.5 Å². The molecule has 0 saturated carbocycles. The van der Waals surface area contributed by atoms with Crippen molar-refractivity contribution < 1.29 is 4.42 Å². The Morgan fingerprint density at radius 3 is 3.06 bits per heavy atom. The molecule has 90 valence electrons. The van der Waals surface area contributed by atoms with Crippen molar-refractivity contribution in [3.05, 3.63) is 29.9 Å². The first-order chi connectivity index (χ1) is 8.34. The molecule has 1 saturated heterocycles. The first-order valence-corrected chi connectivity index (χ1v) is 6.18. The van der Waals surface area contributed by atoms with Crippen LogP contribution in [0.3, 0.4) is 0 Å². The molecule has 1 unspecified atom stereocenters. The second-order valence-electron chi connectivity index (χ2n) is 4.58. The lowest BCUT2D eigenvalue weighted by Crippen LogP contribution is -2.27. The molecule has 1 aliphatic heterocycles. The lowest BCUT2D eigenvalue weighted by Gasteiger charge is -2.21. The van der Waals surface area contributed by atoms with Crippen LogP contribution >= 0.6 is 0 Å². The molecule has 2 aromatic heterocycles. The summed E-state index contributed by atoms with van der Waals surface area (Å²) in [6.45, 7) is 3.12. The van der Waals surface area contributed by atoms with Crippen molar-refractivity contribution in [1.29, 1.82) is 0 Å². The molecule has 2 N–H and O–H groups in total. The zero-order valence-corrected chi connectivity index (χ0v) is 9.99. The SMILES string of the molecule is Cc1[nH]c(C2CCCCN2)nc1-c1ccco1. The molecule has 2 aromatic rings. The third-order valence-corrected chi connectivity index (χ3v) is 3.30. The molecule has 3 heterocycles. The van der Waals surface area contributed by atoms with E-state index in [0.717, 1.165) is 35.9 Å². The van der Waals surface area contributed by atoms with Crippen LogP contribution in [-0.2, 0) is 0 Å². The van der Waals surface area contributed by atoms with Crippen LogP contribution in [0.1, 0.15) is 36.8 Å². The van der Waals surface area contributed by atoms with E-state index in [1.165, 1.54) is 12.8 Å². The molecule has 4 heteroatoms. The number of piperidine rings is 1. The number of furan rings is 1. The molecular weight excluding hydrogens is 214 g/mol. The van der Waals surface area contributed by atoms with Crippen LogP contribution < -0.4 is 5.32 Å². The summed E-state index contributed by atoms with van der Waals surface area (Å²) in [6.07, 6.45) is 5.38. The minimum Gasteiger partial charge on any atom is -0.463 e. The smallest absolute Gasteiger partial charge is 0.154 e. The van der Waals surface area contributed by atoms with Gasteiger partial charge in [0, 0.05) is 5.69 Å². The third-order valence-electron chi connectivity index (χ3n) is 3.30. The number of nitrogens with one attached hydrogen (secondary N) is 2. The number of hydrogen-bond acceptors (Lipinski definition) is 3. The lowest BCUT2D eigenvalue weighted by molar-refractivity contribution is 0.399. The minimum atomic E-state index is 0.367. The summed E-state index contributed by atoms with van der Waals surface area (Å²) in [7, 11) is 0. The van der Waals surface area contributed by atoms with E-state index in [2.05, 4.69) is 15.3 Å². The van der Waals surface area contributed by atoms with Gasteiger partial charge >= 0.3 is 0 Å². The first kappa shape index (κ1) is 10.6. The van der Waals surface area contributed by atoms with Gasteiger partial charge < -0.3 is 14.7 Å². The summed E-state index contributed by atoms with van der Waals surface area (Å²) < 4.78 is 5.40. The van der Waals surface area contributed by atoms with Crippen molar-refractivity contribution in [2.75, 3.05) is 6.54 Å². The van der Waals surface area contributed by atoms with E-state index in [4.69, 9.17) is 4.42 Å². The van der Waals surface area contributed by atoms with Crippen LogP contribution in [0.5, 0.6) is 0 Å². The van der Waals surface area contributed by atoms with Crippen molar-refractivity contribution in [2.24, 2.45) is 0 Å². The maximum absolute atomic E-state index is 5.40. The molecule has 0 radical (unpaired) electrons. The molecule has 0 spiro atoms. The Morgan fingerprint density at radius 1 is 1.41 bits per heavy atom. The maximum atomic E-state index is 5.40. The van der Waals surface area contributed by atoms with Gasteiger partial charge in [-0.15, -0.1) is 0 Å². The van der Waals surface area contributed by atoms with Gasteiger partial charge in [0.05, 0.1) is 12.3 Å². The van der Waals surface area contributed by atoms with Crippen molar-refractivity contribution in [2.45, 2.75) is 32.2 Å². The molecule has 0 bridgehead atoms. The number of nitrogens with zero attached hydrogens (tertiary/aromatic N) is 1. The molecule has 3 rings (SSSR count). The van der Waals surface area contributed by atoms with Gasteiger partial charge in [0.25, 0.3) is 0 Å². The summed E-state index contributed by atoms with van der Waals surface area (Å²) in [5.41, 5.74) is 2.00. The van der Waals surface area contributed by atoms with Crippen LogP contribution in [0, 0.1) is 6.92 Å². The molecule has 4 nitrogen and oxygen atoms in total. The summed E-state index contributed by atoms with van der Waals surface area (Å²) in [4.78, 5) is 8.03. The topological polar surface area (TPSA) is 53.9 Å². The van der Waals surface area contributed by atoms with E-state index in [-0.39, 0.29) is 0 Å². The number of aryl methyl sites for hydroxylation is 1. The number of imidazole rings is 1. The fourth-order valence-electron chi connectivity index (χ4n) is 2.39. The van der Waals surface area contributed by atoms with E-state index in [9.17, 15) is 0 Å². The fourth-order valence-corrected chi connectivity index (χ4v) is 2.39. The highest BCUT2D eigenvalue weighted by molar-refractivity contribution is 5.55. The minimum absolute atomic E-state index is 0.367. The second-order valence-corrected chi connectivity index (χ2v) is 4.58. The average molecular weight is 231 g/mol. The average Bonchev–Trinajstić information content (AvgIpc) is 2.99. The van der Waals surface area contributed by atoms with Gasteiger partial charge in [-0.25, -0.2) is 4.98 Å². The molecule has 1 aliphatic rings. The van der Waals surface area contributed by atoms with Crippen LogP contribution in [0.15, 0.2) is 22.8 Å². The molecule has 0 amide bonds. The highest BCUT2D eigenvalue weighted by atomic mass is 16.3. The normalized spacial score (nSPS) is 20.6. The van der Waals surface area contributed by atoms with Gasteiger partial charge in [-0.1, -0.05) is 6.42 Å². The summed E-state index contributed by atoms with van der Waals surface area (Å²) in [6, 6.07) is 4.20. The summed E-state index contributed by atoms with van der Waals surface area (Å²) in [5.74, 6) is 1.87. The Morgan fingerprint density at radius 2 is 2.35 bits per heavy atom. The van der Waals surface area contributed by atoms with Crippen LogP contribution in [0.2, 0.25) is 0 Å². The number of aromatic nitrogens is 2. The van der Waals surface area contributed by atoms with E-state index < -0.39 is 0 Å². The zero-order valence-electron chi connectivity index (χ0n) is 9.99. The van der Waals surface area contributed by atoms with Crippen molar-refractivity contribution >= 4 is 0 Å². The summed E-state index contributed by atoms with van der Waals surface area (Å²) in [5, 5.41) is 3.50. The summed E-state index contributed by atoms with van der Waals surface area (Å²) >= 11 is 0. The Balaban J connectivity index is 1.90. The molecular formula is C13H17N3O.